The maximum absolute atomic E-state index is 5.77. The fourth-order valence-electron chi connectivity index (χ4n) is 1.65. The summed E-state index contributed by atoms with van der Waals surface area (Å²) in [6, 6.07) is 10.3. The summed E-state index contributed by atoms with van der Waals surface area (Å²) in [6.07, 6.45) is 2.59. The lowest BCUT2D eigenvalue weighted by Crippen LogP contribution is -2.11. The zero-order valence-corrected chi connectivity index (χ0v) is 10.2. The molecule has 0 aliphatic rings. The first-order valence-electron chi connectivity index (χ1n) is 5.78. The summed E-state index contributed by atoms with van der Waals surface area (Å²) in [4.78, 5) is 8.61. The van der Waals surface area contributed by atoms with Gasteiger partial charge < -0.3 is 5.73 Å². The molecule has 0 fully saturated rings. The maximum atomic E-state index is 5.77. The third-order valence-corrected chi connectivity index (χ3v) is 2.65. The molecule has 0 radical (unpaired) electrons. The van der Waals surface area contributed by atoms with Crippen LogP contribution in [-0.2, 0) is 6.42 Å². The van der Waals surface area contributed by atoms with E-state index in [1.165, 1.54) is 11.1 Å². The Morgan fingerprint density at radius 1 is 1.18 bits per heavy atom. The highest BCUT2D eigenvalue weighted by Gasteiger charge is 2.04. The van der Waals surface area contributed by atoms with Gasteiger partial charge in [-0.25, -0.2) is 9.97 Å². The summed E-state index contributed by atoms with van der Waals surface area (Å²) >= 11 is 0. The van der Waals surface area contributed by atoms with E-state index < -0.39 is 0 Å². The Balaban J connectivity index is 2.18. The molecule has 1 aromatic heterocycles. The number of rotatable bonds is 3. The summed E-state index contributed by atoms with van der Waals surface area (Å²) in [5.74, 6) is 0.703. The number of aryl methyl sites for hydroxylation is 1. The van der Waals surface area contributed by atoms with E-state index in [0.29, 0.717) is 5.82 Å². The third kappa shape index (κ3) is 3.11. The predicted octanol–water partition coefficient (Wildman–Crippen LogP) is 2.40. The monoisotopic (exact) mass is 227 g/mol. The SMILES string of the molecule is Cc1ccc(Cc2ccnc(C(C)N)n2)cc1. The van der Waals surface area contributed by atoms with E-state index in [9.17, 15) is 0 Å². The van der Waals surface area contributed by atoms with Crippen molar-refractivity contribution in [3.05, 3.63) is 59.2 Å². The molecule has 1 unspecified atom stereocenters. The van der Waals surface area contributed by atoms with Crippen LogP contribution in [0.5, 0.6) is 0 Å². The third-order valence-electron chi connectivity index (χ3n) is 2.65. The van der Waals surface area contributed by atoms with Gasteiger partial charge in [0, 0.05) is 18.3 Å². The first-order chi connectivity index (χ1) is 8.15. The van der Waals surface area contributed by atoms with Gasteiger partial charge in [-0.3, -0.25) is 0 Å². The summed E-state index contributed by atoms with van der Waals surface area (Å²) in [5.41, 5.74) is 9.31. The average Bonchev–Trinajstić information content (AvgIpc) is 2.32. The predicted molar refractivity (Wildman–Crippen MR) is 68.6 cm³/mol. The first-order valence-corrected chi connectivity index (χ1v) is 5.78. The number of hydrogen-bond donors (Lipinski definition) is 1. The van der Waals surface area contributed by atoms with Gasteiger partial charge in [-0.05, 0) is 25.5 Å². The molecule has 2 rings (SSSR count). The van der Waals surface area contributed by atoms with Crippen LogP contribution in [0.3, 0.4) is 0 Å². The molecule has 0 aliphatic carbocycles. The highest BCUT2D eigenvalue weighted by Crippen LogP contribution is 2.10. The second kappa shape index (κ2) is 5.06. The van der Waals surface area contributed by atoms with Crippen LogP contribution >= 0.6 is 0 Å². The Hall–Kier alpha value is -1.74. The van der Waals surface area contributed by atoms with Gasteiger partial charge in [0.25, 0.3) is 0 Å². The molecule has 3 heteroatoms. The molecular weight excluding hydrogens is 210 g/mol. The van der Waals surface area contributed by atoms with Crippen LogP contribution < -0.4 is 5.73 Å². The van der Waals surface area contributed by atoms with E-state index in [0.717, 1.165) is 12.1 Å². The van der Waals surface area contributed by atoms with Gasteiger partial charge in [-0.15, -0.1) is 0 Å². The molecule has 1 aromatic carbocycles. The van der Waals surface area contributed by atoms with E-state index in [1.807, 2.05) is 13.0 Å². The van der Waals surface area contributed by atoms with Crippen LogP contribution in [0, 0.1) is 6.92 Å². The molecule has 0 amide bonds. The van der Waals surface area contributed by atoms with Gasteiger partial charge in [0.2, 0.25) is 0 Å². The van der Waals surface area contributed by atoms with E-state index >= 15 is 0 Å². The first kappa shape index (κ1) is 11.7. The molecule has 17 heavy (non-hydrogen) atoms. The van der Waals surface area contributed by atoms with Crippen LogP contribution in [-0.4, -0.2) is 9.97 Å². The highest BCUT2D eigenvalue weighted by molar-refractivity contribution is 5.25. The van der Waals surface area contributed by atoms with Crippen LogP contribution in [0.2, 0.25) is 0 Å². The van der Waals surface area contributed by atoms with Crippen LogP contribution in [0.1, 0.15) is 35.6 Å². The van der Waals surface area contributed by atoms with Crippen molar-refractivity contribution in [3.63, 3.8) is 0 Å². The van der Waals surface area contributed by atoms with Crippen molar-refractivity contribution in [2.45, 2.75) is 26.3 Å². The van der Waals surface area contributed by atoms with Crippen molar-refractivity contribution < 1.29 is 0 Å². The number of hydrogen-bond acceptors (Lipinski definition) is 3. The zero-order valence-electron chi connectivity index (χ0n) is 10.2. The summed E-state index contributed by atoms with van der Waals surface area (Å²) < 4.78 is 0. The largest absolute Gasteiger partial charge is 0.322 e. The maximum Gasteiger partial charge on any atom is 0.144 e. The Labute approximate surface area is 102 Å². The van der Waals surface area contributed by atoms with Crippen molar-refractivity contribution in [1.82, 2.24) is 9.97 Å². The normalized spacial score (nSPS) is 12.4. The molecule has 1 atom stereocenters. The minimum absolute atomic E-state index is 0.118. The number of benzene rings is 1. The Bertz CT molecular complexity index is 489. The number of aromatic nitrogens is 2. The smallest absolute Gasteiger partial charge is 0.144 e. The van der Waals surface area contributed by atoms with Crippen LogP contribution in [0.15, 0.2) is 36.5 Å². The second-order valence-corrected chi connectivity index (χ2v) is 4.36. The molecule has 2 N–H and O–H groups in total. The van der Waals surface area contributed by atoms with E-state index in [-0.39, 0.29) is 6.04 Å². The van der Waals surface area contributed by atoms with Gasteiger partial charge in [0.05, 0.1) is 6.04 Å². The van der Waals surface area contributed by atoms with Gasteiger partial charge in [0.1, 0.15) is 5.82 Å². The molecule has 88 valence electrons. The van der Waals surface area contributed by atoms with Crippen molar-refractivity contribution >= 4 is 0 Å². The lowest BCUT2D eigenvalue weighted by atomic mass is 10.1. The van der Waals surface area contributed by atoms with E-state index in [1.54, 1.807) is 6.20 Å². The Morgan fingerprint density at radius 3 is 2.53 bits per heavy atom. The molecular formula is C14H17N3. The van der Waals surface area contributed by atoms with Crippen molar-refractivity contribution in [2.24, 2.45) is 5.73 Å². The van der Waals surface area contributed by atoms with Crippen LogP contribution in [0.25, 0.3) is 0 Å². The Morgan fingerprint density at radius 2 is 1.88 bits per heavy atom. The Kier molecular flexibility index (Phi) is 3.49. The topological polar surface area (TPSA) is 51.8 Å². The van der Waals surface area contributed by atoms with Crippen molar-refractivity contribution in [3.8, 4) is 0 Å². The second-order valence-electron chi connectivity index (χ2n) is 4.36. The summed E-state index contributed by atoms with van der Waals surface area (Å²) in [6.45, 7) is 3.98. The molecule has 3 nitrogen and oxygen atoms in total. The molecule has 0 bridgehead atoms. The van der Waals surface area contributed by atoms with Gasteiger partial charge in [-0.1, -0.05) is 29.8 Å². The van der Waals surface area contributed by atoms with E-state index in [2.05, 4.69) is 41.2 Å². The minimum Gasteiger partial charge on any atom is -0.322 e. The molecule has 0 saturated carbocycles. The van der Waals surface area contributed by atoms with Gasteiger partial charge >= 0.3 is 0 Å². The summed E-state index contributed by atoms with van der Waals surface area (Å²) in [7, 11) is 0. The fraction of sp³-hybridized carbons (Fsp3) is 0.286. The molecule has 0 spiro atoms. The van der Waals surface area contributed by atoms with Gasteiger partial charge in [0.15, 0.2) is 0 Å². The number of nitrogens with two attached hydrogens (primary N) is 1. The molecule has 2 aromatic rings. The van der Waals surface area contributed by atoms with Crippen molar-refractivity contribution in [1.29, 1.82) is 0 Å². The zero-order chi connectivity index (χ0) is 12.3. The molecule has 0 saturated heterocycles. The lowest BCUT2D eigenvalue weighted by molar-refractivity contribution is 0.729. The average molecular weight is 227 g/mol. The molecule has 1 heterocycles. The van der Waals surface area contributed by atoms with Gasteiger partial charge in [-0.2, -0.15) is 0 Å². The minimum atomic E-state index is -0.118. The lowest BCUT2D eigenvalue weighted by Gasteiger charge is -2.06. The van der Waals surface area contributed by atoms with Crippen LogP contribution in [0.4, 0.5) is 0 Å². The number of nitrogens with zero attached hydrogens (tertiary/aromatic N) is 2. The fourth-order valence-corrected chi connectivity index (χ4v) is 1.65. The quantitative estimate of drug-likeness (QED) is 0.876. The summed E-state index contributed by atoms with van der Waals surface area (Å²) in [5, 5.41) is 0. The van der Waals surface area contributed by atoms with E-state index in [4.69, 9.17) is 5.73 Å². The highest BCUT2D eigenvalue weighted by atomic mass is 14.9. The van der Waals surface area contributed by atoms with Crippen molar-refractivity contribution in [2.75, 3.05) is 0 Å². The standard InChI is InChI=1S/C14H17N3/c1-10-3-5-12(6-4-10)9-13-7-8-16-14(17-13)11(2)15/h3-8,11H,9,15H2,1-2H3. The molecule has 0 aliphatic heterocycles.